The fourth-order valence-electron chi connectivity index (χ4n) is 5.49. The fourth-order valence-corrected chi connectivity index (χ4v) is 5.84. The van der Waals surface area contributed by atoms with E-state index in [1.807, 2.05) is 101 Å². The third kappa shape index (κ3) is 8.30. The van der Waals surface area contributed by atoms with Crippen molar-refractivity contribution >= 4 is 42.5 Å². The number of nitrogens with zero attached hydrogens (tertiary/aromatic N) is 8. The molecule has 0 radical (unpaired) electrons. The van der Waals surface area contributed by atoms with Gasteiger partial charge >= 0.3 is 32.7 Å². The van der Waals surface area contributed by atoms with Crippen LogP contribution >= 0.6 is 15.9 Å². The SMILES string of the molecule is CC1(C)OB(B2OC(C)(C)C(C)(C)O2)OC1(C)C.[C-]#[N+]/C(C#N)=C1/N=c2ccc(Br)cc2=N1.[C-]#[N+]C([N+]#[C-])=C1N=c2ccc(B3OC(C)(C)C(C)(C)O3)cc2=N1. The molecule has 0 unspecified atom stereocenters. The Kier molecular flexibility index (Phi) is 11.5. The Balaban J connectivity index is 0.000000165. The maximum absolute atomic E-state index is 8.67. The predicted molar refractivity (Wildman–Crippen MR) is 213 cm³/mol. The van der Waals surface area contributed by atoms with Gasteiger partial charge in [-0.05, 0) is 119 Å². The Morgan fingerprint density at radius 3 is 1.41 bits per heavy atom. The first-order valence-corrected chi connectivity index (χ1v) is 18.6. The van der Waals surface area contributed by atoms with Crippen LogP contribution in [0.25, 0.3) is 14.5 Å². The van der Waals surface area contributed by atoms with Crippen LogP contribution in [0.4, 0.5) is 0 Å². The lowest BCUT2D eigenvalue weighted by atomic mass is 9.49. The molecule has 2 aromatic rings. The zero-order chi connectivity index (χ0) is 41.6. The summed E-state index contributed by atoms with van der Waals surface area (Å²) in [4.78, 5) is 26.0. The summed E-state index contributed by atoms with van der Waals surface area (Å²) in [7, 11) is -1.43. The van der Waals surface area contributed by atoms with Gasteiger partial charge in [-0.3, -0.25) is 0 Å². The summed E-state index contributed by atoms with van der Waals surface area (Å²) in [6, 6.07) is 12.7. The van der Waals surface area contributed by atoms with E-state index in [0.717, 1.165) is 9.94 Å². The van der Waals surface area contributed by atoms with Crippen molar-refractivity contribution in [3.8, 4) is 6.07 Å². The highest BCUT2D eigenvalue weighted by Gasteiger charge is 2.63. The van der Waals surface area contributed by atoms with E-state index >= 15 is 0 Å². The number of hydrogen-bond donors (Lipinski definition) is 0. The molecule has 5 aliphatic heterocycles. The monoisotopic (exact) mass is 818 g/mol. The van der Waals surface area contributed by atoms with Crippen LogP contribution in [-0.2, 0) is 27.9 Å². The Bertz CT molecular complexity index is 2340. The van der Waals surface area contributed by atoms with E-state index in [0.29, 0.717) is 21.4 Å². The second-order valence-electron chi connectivity index (χ2n) is 16.4. The highest BCUT2D eigenvalue weighted by molar-refractivity contribution is 9.10. The predicted octanol–water partition coefficient (Wildman–Crippen LogP) is 4.77. The van der Waals surface area contributed by atoms with Gasteiger partial charge in [0, 0.05) is 4.47 Å². The third-order valence-corrected chi connectivity index (χ3v) is 11.5. The van der Waals surface area contributed by atoms with Crippen molar-refractivity contribution in [3.63, 3.8) is 0 Å². The van der Waals surface area contributed by atoms with Gasteiger partial charge in [0.05, 0.1) is 67.7 Å². The van der Waals surface area contributed by atoms with E-state index in [1.54, 1.807) is 24.3 Å². The fraction of sp³-hybridized carbons (Fsp3) is 0.474. The molecule has 0 amide bonds. The molecule has 0 saturated carbocycles. The number of halogens is 1. The molecule has 0 N–H and O–H groups in total. The normalized spacial score (nSPS) is 22.7. The first-order valence-electron chi connectivity index (χ1n) is 17.8. The van der Waals surface area contributed by atoms with Gasteiger partial charge in [0.25, 0.3) is 0 Å². The van der Waals surface area contributed by atoms with Gasteiger partial charge in [0.1, 0.15) is 13.1 Å². The number of hydrogen-bond acceptors (Lipinski definition) is 11. The van der Waals surface area contributed by atoms with Crippen molar-refractivity contribution in [2.75, 3.05) is 0 Å². The summed E-state index contributed by atoms with van der Waals surface area (Å²) in [6.45, 7) is 45.0. The van der Waals surface area contributed by atoms with Gasteiger partial charge in [0.2, 0.25) is 5.82 Å². The number of nitriles is 1. The van der Waals surface area contributed by atoms with Crippen LogP contribution in [0, 0.1) is 31.0 Å². The van der Waals surface area contributed by atoms with E-state index < -0.39 is 32.3 Å². The molecule has 7 rings (SSSR count). The van der Waals surface area contributed by atoms with Crippen LogP contribution in [0.15, 0.2) is 84.0 Å². The minimum Gasteiger partial charge on any atom is -0.405 e. The largest absolute Gasteiger partial charge is 0.564 e. The average Bonchev–Trinajstić information content (AvgIpc) is 3.85. The van der Waals surface area contributed by atoms with Gasteiger partial charge in [-0.2, -0.15) is 9.69 Å². The van der Waals surface area contributed by atoms with Crippen molar-refractivity contribution in [2.24, 2.45) is 20.0 Å². The van der Waals surface area contributed by atoms with Crippen LogP contribution in [0.3, 0.4) is 0 Å². The number of fused-ring (bicyclic) bond motifs is 2. The van der Waals surface area contributed by atoms with Crippen molar-refractivity contribution in [2.45, 2.75) is 117 Å². The highest BCUT2D eigenvalue weighted by Crippen LogP contribution is 2.43. The van der Waals surface area contributed by atoms with Crippen LogP contribution in [0.2, 0.25) is 0 Å². The third-order valence-electron chi connectivity index (χ3n) is 11.0. The minimum atomic E-state index is -0.477. The van der Waals surface area contributed by atoms with Crippen molar-refractivity contribution in [3.05, 3.63) is 120 Å². The van der Waals surface area contributed by atoms with E-state index in [4.69, 9.17) is 52.9 Å². The number of allylic oxidation sites excluding steroid dienone is 1. The van der Waals surface area contributed by atoms with Crippen molar-refractivity contribution in [1.82, 2.24) is 0 Å². The lowest BCUT2D eigenvalue weighted by molar-refractivity contribution is 0.00578. The van der Waals surface area contributed by atoms with Crippen molar-refractivity contribution < 1.29 is 27.9 Å². The lowest BCUT2D eigenvalue weighted by Crippen LogP contribution is -2.41. The molecular formula is C38H42B3BrN8O6. The second kappa shape index (κ2) is 15.1. The molecule has 3 fully saturated rings. The van der Waals surface area contributed by atoms with E-state index in [1.165, 1.54) is 0 Å². The molecule has 0 aliphatic carbocycles. The Hall–Kier alpha value is -4.49. The second-order valence-corrected chi connectivity index (χ2v) is 17.3. The lowest BCUT2D eigenvalue weighted by Gasteiger charge is -2.32. The molecule has 2 aromatic carbocycles. The number of rotatable bonds is 2. The molecule has 0 bridgehead atoms. The summed E-state index contributed by atoms with van der Waals surface area (Å²) in [5, 5.41) is 11.3. The molecule has 286 valence electrons. The summed E-state index contributed by atoms with van der Waals surface area (Å²) in [5.41, 5.74) is -1.50. The smallest absolute Gasteiger partial charge is 0.405 e. The molecule has 3 saturated heterocycles. The van der Waals surface area contributed by atoms with Crippen LogP contribution in [0.1, 0.15) is 83.1 Å². The molecular weight excluding hydrogens is 777 g/mol. The number of benzene rings is 2. The quantitative estimate of drug-likeness (QED) is 0.242. The van der Waals surface area contributed by atoms with Gasteiger partial charge in [-0.1, -0.05) is 22.0 Å². The Morgan fingerprint density at radius 2 is 0.964 bits per heavy atom. The Morgan fingerprint density at radius 1 is 0.571 bits per heavy atom. The summed E-state index contributed by atoms with van der Waals surface area (Å²) < 4.78 is 36.8. The van der Waals surface area contributed by atoms with Crippen molar-refractivity contribution in [1.29, 1.82) is 5.26 Å². The van der Waals surface area contributed by atoms with Gasteiger partial charge in [-0.15, -0.1) is 0 Å². The topological polar surface area (TPSA) is 142 Å². The van der Waals surface area contributed by atoms with Crippen LogP contribution in [0.5, 0.6) is 0 Å². The zero-order valence-corrected chi connectivity index (χ0v) is 35.2. The summed E-state index contributed by atoms with van der Waals surface area (Å²) in [6.07, 6.45) is 0. The minimum absolute atomic E-state index is 0.0812. The van der Waals surface area contributed by atoms with Gasteiger partial charge < -0.3 is 27.9 Å². The molecule has 56 heavy (non-hydrogen) atoms. The first kappa shape index (κ1) is 42.7. The molecule has 0 atom stereocenters. The maximum Gasteiger partial charge on any atom is 0.564 e. The Labute approximate surface area is 337 Å². The van der Waals surface area contributed by atoms with E-state index in [9.17, 15) is 0 Å². The van der Waals surface area contributed by atoms with Gasteiger partial charge in [0.15, 0.2) is 5.82 Å². The molecule has 0 aromatic heterocycles. The molecule has 18 heteroatoms. The summed E-state index contributed by atoms with van der Waals surface area (Å²) >= 11 is 3.31. The van der Waals surface area contributed by atoms with Gasteiger partial charge in [-0.25, -0.2) is 30.1 Å². The first-order chi connectivity index (χ1) is 25.9. The maximum atomic E-state index is 8.67. The molecule has 5 heterocycles. The van der Waals surface area contributed by atoms with E-state index in [-0.39, 0.29) is 45.6 Å². The van der Waals surface area contributed by atoms with E-state index in [2.05, 4.69) is 50.4 Å². The highest BCUT2D eigenvalue weighted by atomic mass is 79.9. The standard InChI is InChI=1S/C16H15BN4O2.C12H24B2O4.C10H3BrN4/c1-15(2)16(3,4)23-17(22-15)10-7-8-11-12(9-10)21-14(20-11)13(18-5)19-6;1-9(2)10(3,4)16-13(15-9)14-17-11(5,6)12(7,8)18-14;1-13-9(5-12)10-14-7-3-2-6(11)4-8(7)15-10/h7-9H,1-4H3;1-8H3;2-4H/b;;10-9-. The molecule has 0 spiro atoms. The summed E-state index contributed by atoms with van der Waals surface area (Å²) in [5.74, 6) is 0.232. The zero-order valence-electron chi connectivity index (χ0n) is 33.6. The van der Waals surface area contributed by atoms with Crippen LogP contribution < -0.4 is 26.9 Å². The van der Waals surface area contributed by atoms with Crippen LogP contribution in [-0.4, -0.2) is 54.7 Å². The molecule has 14 nitrogen and oxygen atoms in total. The molecule has 5 aliphatic rings. The average molecular weight is 819 g/mol.